The van der Waals surface area contributed by atoms with Gasteiger partial charge >= 0.3 is 6.36 Å². The quantitative estimate of drug-likeness (QED) is 0.902. The van der Waals surface area contributed by atoms with Crippen molar-refractivity contribution in [3.8, 4) is 5.75 Å². The van der Waals surface area contributed by atoms with Crippen LogP contribution in [0.15, 0.2) is 24.3 Å². The number of benzene rings is 1. The lowest BCUT2D eigenvalue weighted by Gasteiger charge is -2.37. The molecule has 1 aromatic carbocycles. The third-order valence-corrected chi connectivity index (χ3v) is 3.95. The number of hydrogen-bond donors (Lipinski definition) is 1. The van der Waals surface area contributed by atoms with Crippen LogP contribution in [0.4, 0.5) is 13.2 Å². The molecule has 1 saturated heterocycles. The van der Waals surface area contributed by atoms with Gasteiger partial charge in [0.2, 0.25) is 0 Å². The Hall–Kier alpha value is -1.47. The minimum absolute atomic E-state index is 0. The number of amides is 1. The van der Waals surface area contributed by atoms with Gasteiger partial charge in [0.25, 0.3) is 5.91 Å². The summed E-state index contributed by atoms with van der Waals surface area (Å²) < 4.78 is 41.3. The molecule has 1 aromatic rings. The van der Waals surface area contributed by atoms with Gasteiger partial charge < -0.3 is 15.0 Å². The van der Waals surface area contributed by atoms with E-state index in [9.17, 15) is 18.0 Å². The van der Waals surface area contributed by atoms with Gasteiger partial charge in [-0.1, -0.05) is 12.1 Å². The number of piperazine rings is 1. The maximum absolute atomic E-state index is 12.6. The summed E-state index contributed by atoms with van der Waals surface area (Å²) in [7, 11) is 0. The maximum Gasteiger partial charge on any atom is 0.573 e. The third-order valence-electron chi connectivity index (χ3n) is 3.95. The van der Waals surface area contributed by atoms with Crippen LogP contribution in [0.2, 0.25) is 0 Å². The molecule has 1 aliphatic heterocycles. The molecule has 1 N–H and O–H groups in total. The SMILES string of the molecule is Cl.O=C(c1ccccc1OC(F)(F)F)N1CCNCC12CC2. The van der Waals surface area contributed by atoms with Crippen molar-refractivity contribution in [3.63, 3.8) is 0 Å². The number of nitrogens with one attached hydrogen (secondary N) is 1. The van der Waals surface area contributed by atoms with E-state index in [2.05, 4.69) is 10.1 Å². The fourth-order valence-electron chi connectivity index (χ4n) is 2.75. The molecule has 0 bridgehead atoms. The van der Waals surface area contributed by atoms with E-state index in [1.807, 2.05) is 0 Å². The van der Waals surface area contributed by atoms with Crippen molar-refractivity contribution in [1.82, 2.24) is 10.2 Å². The largest absolute Gasteiger partial charge is 0.573 e. The van der Waals surface area contributed by atoms with Gasteiger partial charge in [-0.2, -0.15) is 0 Å². The highest BCUT2D eigenvalue weighted by molar-refractivity contribution is 5.97. The Morgan fingerprint density at radius 1 is 1.27 bits per heavy atom. The second-order valence-electron chi connectivity index (χ2n) is 5.40. The first-order valence-electron chi connectivity index (χ1n) is 6.79. The lowest BCUT2D eigenvalue weighted by molar-refractivity contribution is -0.274. The number of carbonyl (C=O) groups is 1. The van der Waals surface area contributed by atoms with Crippen molar-refractivity contribution < 1.29 is 22.7 Å². The summed E-state index contributed by atoms with van der Waals surface area (Å²) >= 11 is 0. The van der Waals surface area contributed by atoms with Crippen molar-refractivity contribution in [2.75, 3.05) is 19.6 Å². The van der Waals surface area contributed by atoms with Crippen LogP contribution in [0.1, 0.15) is 23.2 Å². The number of ether oxygens (including phenoxy) is 1. The topological polar surface area (TPSA) is 41.6 Å². The Morgan fingerprint density at radius 3 is 2.59 bits per heavy atom. The average Bonchev–Trinajstić information content (AvgIpc) is 3.17. The first kappa shape index (κ1) is 16.9. The highest BCUT2D eigenvalue weighted by Gasteiger charge is 2.51. The highest BCUT2D eigenvalue weighted by Crippen LogP contribution is 2.43. The second-order valence-corrected chi connectivity index (χ2v) is 5.40. The molecule has 1 heterocycles. The number of hydrogen-bond acceptors (Lipinski definition) is 3. The van der Waals surface area contributed by atoms with E-state index in [4.69, 9.17) is 0 Å². The first-order chi connectivity index (χ1) is 9.91. The van der Waals surface area contributed by atoms with E-state index in [-0.39, 0.29) is 23.5 Å². The van der Waals surface area contributed by atoms with E-state index in [1.54, 1.807) is 4.90 Å². The average molecular weight is 337 g/mol. The Kier molecular flexibility index (Phi) is 4.58. The van der Waals surface area contributed by atoms with E-state index < -0.39 is 18.0 Å². The lowest BCUT2D eigenvalue weighted by Crippen LogP contribution is -2.55. The van der Waals surface area contributed by atoms with E-state index in [0.29, 0.717) is 19.6 Å². The fourth-order valence-corrected chi connectivity index (χ4v) is 2.75. The summed E-state index contributed by atoms with van der Waals surface area (Å²) in [6, 6.07) is 5.50. The predicted octanol–water partition coefficient (Wildman–Crippen LogP) is 2.58. The van der Waals surface area contributed by atoms with E-state index in [1.165, 1.54) is 24.3 Å². The zero-order valence-electron chi connectivity index (χ0n) is 11.7. The van der Waals surface area contributed by atoms with E-state index in [0.717, 1.165) is 12.8 Å². The van der Waals surface area contributed by atoms with Gasteiger partial charge in [0.1, 0.15) is 5.75 Å². The second kappa shape index (κ2) is 5.96. The van der Waals surface area contributed by atoms with Crippen molar-refractivity contribution in [2.45, 2.75) is 24.7 Å². The monoisotopic (exact) mass is 336 g/mol. The van der Waals surface area contributed by atoms with Gasteiger partial charge in [0.15, 0.2) is 0 Å². The first-order valence-corrected chi connectivity index (χ1v) is 6.79. The van der Waals surface area contributed by atoms with Gasteiger partial charge in [-0.15, -0.1) is 25.6 Å². The molecule has 0 atom stereocenters. The van der Waals surface area contributed by atoms with Crippen LogP contribution >= 0.6 is 12.4 Å². The molecule has 1 saturated carbocycles. The summed E-state index contributed by atoms with van der Waals surface area (Å²) in [6.07, 6.45) is -3.04. The Balaban J connectivity index is 0.00000176. The highest BCUT2D eigenvalue weighted by atomic mass is 35.5. The normalized spacial score (nSPS) is 19.5. The Morgan fingerprint density at radius 2 is 1.95 bits per heavy atom. The zero-order valence-corrected chi connectivity index (χ0v) is 12.5. The Labute approximate surface area is 132 Å². The van der Waals surface area contributed by atoms with Gasteiger partial charge in [0.05, 0.1) is 11.1 Å². The van der Waals surface area contributed by atoms with Crippen molar-refractivity contribution in [1.29, 1.82) is 0 Å². The standard InChI is InChI=1S/C14H15F3N2O2.ClH/c15-14(16,17)21-11-4-2-1-3-10(11)12(20)19-8-7-18-9-13(19)5-6-13;/h1-4,18H,5-9H2;1H. The molecule has 22 heavy (non-hydrogen) atoms. The van der Waals surface area contributed by atoms with E-state index >= 15 is 0 Å². The van der Waals surface area contributed by atoms with Gasteiger partial charge in [0, 0.05) is 19.6 Å². The number of nitrogens with zero attached hydrogens (tertiary/aromatic N) is 1. The molecule has 1 spiro atoms. The van der Waals surface area contributed by atoms with Crippen LogP contribution in [0, 0.1) is 0 Å². The fraction of sp³-hybridized carbons (Fsp3) is 0.500. The predicted molar refractivity (Wildman–Crippen MR) is 76.2 cm³/mol. The molecule has 0 aromatic heterocycles. The molecule has 2 fully saturated rings. The molecule has 122 valence electrons. The van der Waals surface area contributed by atoms with Crippen LogP contribution in [0.5, 0.6) is 5.75 Å². The lowest BCUT2D eigenvalue weighted by atomic mass is 10.1. The summed E-state index contributed by atoms with van der Waals surface area (Å²) in [4.78, 5) is 14.3. The molecule has 8 heteroatoms. The number of alkyl halides is 3. The van der Waals surface area contributed by atoms with Gasteiger partial charge in [-0.05, 0) is 25.0 Å². The molecule has 1 amide bonds. The number of halogens is 4. The molecule has 2 aliphatic rings. The number of carbonyl (C=O) groups excluding carboxylic acids is 1. The number of rotatable bonds is 2. The Bertz CT molecular complexity index is 561. The van der Waals surface area contributed by atoms with Crippen LogP contribution < -0.4 is 10.1 Å². The van der Waals surface area contributed by atoms with Crippen LogP contribution in [0.25, 0.3) is 0 Å². The zero-order chi connectivity index (χ0) is 15.1. The molecule has 0 radical (unpaired) electrons. The van der Waals surface area contributed by atoms with Crippen LogP contribution in [0.3, 0.4) is 0 Å². The molecule has 4 nitrogen and oxygen atoms in total. The van der Waals surface area contributed by atoms with Gasteiger partial charge in [-0.3, -0.25) is 4.79 Å². The molecule has 0 unspecified atom stereocenters. The van der Waals surface area contributed by atoms with Crippen molar-refractivity contribution in [2.24, 2.45) is 0 Å². The summed E-state index contributed by atoms with van der Waals surface area (Å²) in [5, 5.41) is 3.22. The summed E-state index contributed by atoms with van der Waals surface area (Å²) in [6.45, 7) is 1.84. The maximum atomic E-state index is 12.6. The molecule has 3 rings (SSSR count). The minimum atomic E-state index is -4.81. The molecular weight excluding hydrogens is 321 g/mol. The molecular formula is C14H16ClF3N2O2. The van der Waals surface area contributed by atoms with Crippen molar-refractivity contribution in [3.05, 3.63) is 29.8 Å². The summed E-state index contributed by atoms with van der Waals surface area (Å²) in [5.41, 5.74) is -0.260. The van der Waals surface area contributed by atoms with Crippen LogP contribution in [-0.4, -0.2) is 42.3 Å². The number of para-hydroxylation sites is 1. The third kappa shape index (κ3) is 3.30. The van der Waals surface area contributed by atoms with Crippen molar-refractivity contribution >= 4 is 18.3 Å². The smallest absolute Gasteiger partial charge is 0.405 e. The van der Waals surface area contributed by atoms with Crippen LogP contribution in [-0.2, 0) is 0 Å². The minimum Gasteiger partial charge on any atom is -0.405 e. The van der Waals surface area contributed by atoms with Gasteiger partial charge in [-0.25, -0.2) is 0 Å². The summed E-state index contributed by atoms with van der Waals surface area (Å²) in [5.74, 6) is -0.835. The molecule has 1 aliphatic carbocycles.